The van der Waals surface area contributed by atoms with Crippen molar-refractivity contribution in [2.75, 3.05) is 23.7 Å². The summed E-state index contributed by atoms with van der Waals surface area (Å²) in [5, 5.41) is 27.2. The highest BCUT2D eigenvalue weighted by Gasteiger charge is 2.34. The summed E-state index contributed by atoms with van der Waals surface area (Å²) in [6.45, 7) is 9.74. The Morgan fingerprint density at radius 2 is 1.31 bits per heavy atom. The zero-order valence-electron chi connectivity index (χ0n) is 15.1. The smallest absolute Gasteiger partial charge is 0.200 e. The summed E-state index contributed by atoms with van der Waals surface area (Å²) in [5.74, 6) is -0.521. The van der Waals surface area contributed by atoms with Crippen LogP contribution in [0.5, 0.6) is 11.5 Å². The minimum atomic E-state index is -0.311. The van der Waals surface area contributed by atoms with Crippen molar-refractivity contribution < 1.29 is 15.0 Å². The van der Waals surface area contributed by atoms with Gasteiger partial charge in [-0.2, -0.15) is 0 Å². The summed E-state index contributed by atoms with van der Waals surface area (Å²) >= 11 is 0. The Labute approximate surface area is 153 Å². The highest BCUT2D eigenvalue weighted by Crippen LogP contribution is 2.47. The van der Waals surface area contributed by atoms with E-state index >= 15 is 0 Å². The molecule has 2 aromatic rings. The predicted octanol–water partition coefficient (Wildman–Crippen LogP) is 4.35. The van der Waals surface area contributed by atoms with E-state index in [1.807, 2.05) is 12.1 Å². The van der Waals surface area contributed by atoms with E-state index in [-0.39, 0.29) is 22.8 Å². The highest BCUT2D eigenvalue weighted by atomic mass is 16.3. The minimum Gasteiger partial charge on any atom is -0.507 e. The van der Waals surface area contributed by atoms with Crippen molar-refractivity contribution in [3.05, 3.63) is 53.1 Å². The van der Waals surface area contributed by atoms with Gasteiger partial charge >= 0.3 is 0 Å². The predicted molar refractivity (Wildman–Crippen MR) is 105 cm³/mol. The number of carbonyl (C=O) groups is 1. The van der Waals surface area contributed by atoms with Gasteiger partial charge in [0.15, 0.2) is 5.78 Å². The molecule has 2 aromatic carbocycles. The van der Waals surface area contributed by atoms with Gasteiger partial charge in [-0.05, 0) is 42.7 Å². The summed E-state index contributed by atoms with van der Waals surface area (Å²) in [6.07, 6.45) is 1.86. The lowest BCUT2D eigenvalue weighted by Crippen LogP contribution is -2.19. The fraction of sp³-hybridized carbons (Fsp3) is 0.286. The van der Waals surface area contributed by atoms with Crippen LogP contribution in [0.15, 0.2) is 30.8 Å². The zero-order valence-corrected chi connectivity index (χ0v) is 15.1. The second-order valence-electron chi connectivity index (χ2n) is 6.43. The van der Waals surface area contributed by atoms with Crippen LogP contribution in [0.25, 0.3) is 5.57 Å². The highest BCUT2D eigenvalue weighted by molar-refractivity contribution is 6.24. The molecule has 0 spiro atoms. The number of rotatable bonds is 6. The third kappa shape index (κ3) is 2.79. The summed E-state index contributed by atoms with van der Waals surface area (Å²) in [7, 11) is 0. The first-order valence-electron chi connectivity index (χ1n) is 8.95. The van der Waals surface area contributed by atoms with Gasteiger partial charge in [0, 0.05) is 35.6 Å². The van der Waals surface area contributed by atoms with Gasteiger partial charge in [0.05, 0.1) is 11.1 Å². The zero-order chi connectivity index (χ0) is 18.8. The molecule has 0 unspecified atom stereocenters. The number of ketones is 1. The Bertz CT molecular complexity index is 815. The second-order valence-corrected chi connectivity index (χ2v) is 6.43. The van der Waals surface area contributed by atoms with Crippen LogP contribution < -0.4 is 10.6 Å². The number of carbonyl (C=O) groups excluding carboxylic acids is 1. The van der Waals surface area contributed by atoms with Gasteiger partial charge in [-0.25, -0.2) is 0 Å². The normalized spacial score (nSPS) is 12.5. The van der Waals surface area contributed by atoms with Crippen molar-refractivity contribution in [3.8, 4) is 11.5 Å². The van der Waals surface area contributed by atoms with Crippen molar-refractivity contribution in [2.24, 2.45) is 0 Å². The fourth-order valence-corrected chi connectivity index (χ4v) is 3.33. The molecule has 5 nitrogen and oxygen atoms in total. The maximum Gasteiger partial charge on any atom is 0.200 e. The maximum absolute atomic E-state index is 13.3. The number of benzene rings is 2. The molecule has 0 aromatic heterocycles. The molecule has 0 radical (unpaired) electrons. The Morgan fingerprint density at radius 3 is 1.85 bits per heavy atom. The third-order valence-electron chi connectivity index (χ3n) is 4.56. The van der Waals surface area contributed by atoms with Crippen LogP contribution >= 0.6 is 0 Å². The molecular formula is C21H24N2O3. The molecule has 0 fully saturated rings. The molecule has 0 amide bonds. The molecule has 0 bridgehead atoms. The van der Waals surface area contributed by atoms with Crippen molar-refractivity contribution >= 4 is 22.7 Å². The molecule has 0 atom stereocenters. The lowest BCUT2D eigenvalue weighted by atomic mass is 9.79. The number of anilines is 2. The van der Waals surface area contributed by atoms with Crippen molar-refractivity contribution in [3.63, 3.8) is 0 Å². The van der Waals surface area contributed by atoms with Crippen LogP contribution in [0.1, 0.15) is 53.7 Å². The van der Waals surface area contributed by atoms with Crippen LogP contribution in [0.2, 0.25) is 0 Å². The lowest BCUT2D eigenvalue weighted by Gasteiger charge is -2.27. The van der Waals surface area contributed by atoms with E-state index in [9.17, 15) is 15.0 Å². The van der Waals surface area contributed by atoms with E-state index < -0.39 is 0 Å². The SMILES string of the molecule is C=C1c2c(O)ccc(O)c2C(=O)c2c(NCCC)ccc(NCCC)c21. The first-order chi connectivity index (χ1) is 12.5. The summed E-state index contributed by atoms with van der Waals surface area (Å²) in [5.41, 5.74) is 3.61. The molecular weight excluding hydrogens is 328 g/mol. The topological polar surface area (TPSA) is 81.6 Å². The molecule has 26 heavy (non-hydrogen) atoms. The number of phenolic OH excluding ortho intramolecular Hbond substituents is 2. The second kappa shape index (κ2) is 7.12. The average Bonchev–Trinajstić information content (AvgIpc) is 2.64. The van der Waals surface area contributed by atoms with Gasteiger partial charge in [-0.1, -0.05) is 20.4 Å². The molecule has 136 valence electrons. The minimum absolute atomic E-state index is 0.0600. The van der Waals surface area contributed by atoms with Crippen LogP contribution in [0, 0.1) is 0 Å². The van der Waals surface area contributed by atoms with Gasteiger partial charge in [0.2, 0.25) is 0 Å². The summed E-state index contributed by atoms with van der Waals surface area (Å²) < 4.78 is 0. The first-order valence-corrected chi connectivity index (χ1v) is 8.95. The van der Waals surface area contributed by atoms with E-state index in [2.05, 4.69) is 31.1 Å². The van der Waals surface area contributed by atoms with E-state index in [0.717, 1.165) is 31.6 Å². The molecule has 5 heteroatoms. The number of hydrogen-bond acceptors (Lipinski definition) is 5. The largest absolute Gasteiger partial charge is 0.507 e. The molecule has 3 rings (SSSR count). The van der Waals surface area contributed by atoms with Crippen LogP contribution in [0.3, 0.4) is 0 Å². The molecule has 4 N–H and O–H groups in total. The Balaban J connectivity index is 2.26. The van der Waals surface area contributed by atoms with Gasteiger partial charge in [-0.3, -0.25) is 4.79 Å². The van der Waals surface area contributed by atoms with E-state index in [1.54, 1.807) is 0 Å². The fourth-order valence-electron chi connectivity index (χ4n) is 3.33. The number of aromatic hydroxyl groups is 2. The number of phenols is 2. The summed E-state index contributed by atoms with van der Waals surface area (Å²) in [6, 6.07) is 6.52. The van der Waals surface area contributed by atoms with Gasteiger partial charge in [-0.15, -0.1) is 0 Å². The quantitative estimate of drug-likeness (QED) is 0.496. The standard InChI is InChI=1S/C21H24N2O3/c1-4-10-22-13-6-7-14(23-11-5-2)19-17(13)12(3)18-15(24)8-9-16(25)20(18)21(19)26/h6-9,22-25H,3-5,10-11H2,1-2H3. The molecule has 0 aliphatic heterocycles. The van der Waals surface area contributed by atoms with Gasteiger partial charge in [0.1, 0.15) is 11.5 Å². The monoisotopic (exact) mass is 352 g/mol. The molecule has 1 aliphatic carbocycles. The third-order valence-corrected chi connectivity index (χ3v) is 4.56. The van der Waals surface area contributed by atoms with E-state index in [1.165, 1.54) is 12.1 Å². The number of hydrogen-bond donors (Lipinski definition) is 4. The molecule has 0 saturated carbocycles. The Morgan fingerprint density at radius 1 is 0.808 bits per heavy atom. The van der Waals surface area contributed by atoms with Crippen molar-refractivity contribution in [1.82, 2.24) is 0 Å². The Hall–Kier alpha value is -2.95. The van der Waals surface area contributed by atoms with Crippen LogP contribution in [-0.2, 0) is 0 Å². The average molecular weight is 352 g/mol. The number of nitrogens with one attached hydrogen (secondary N) is 2. The molecule has 0 heterocycles. The van der Waals surface area contributed by atoms with Crippen LogP contribution in [0.4, 0.5) is 11.4 Å². The number of fused-ring (bicyclic) bond motifs is 2. The van der Waals surface area contributed by atoms with Gasteiger partial charge < -0.3 is 20.8 Å². The molecule has 1 aliphatic rings. The maximum atomic E-state index is 13.3. The Kier molecular flexibility index (Phi) is 4.89. The summed E-state index contributed by atoms with van der Waals surface area (Å²) in [4.78, 5) is 13.3. The van der Waals surface area contributed by atoms with E-state index in [0.29, 0.717) is 28.0 Å². The first kappa shape index (κ1) is 17.9. The van der Waals surface area contributed by atoms with Crippen molar-refractivity contribution in [1.29, 1.82) is 0 Å². The van der Waals surface area contributed by atoms with E-state index in [4.69, 9.17) is 0 Å². The molecule has 0 saturated heterocycles. The lowest BCUT2D eigenvalue weighted by molar-refractivity contribution is 0.103. The van der Waals surface area contributed by atoms with Gasteiger partial charge in [0.25, 0.3) is 0 Å². The van der Waals surface area contributed by atoms with Crippen LogP contribution in [-0.4, -0.2) is 29.1 Å². The van der Waals surface area contributed by atoms with Crippen molar-refractivity contribution in [2.45, 2.75) is 26.7 Å².